The highest BCUT2D eigenvalue weighted by atomic mass is 32.1. The highest BCUT2D eigenvalue weighted by molar-refractivity contribution is 7.09. The summed E-state index contributed by atoms with van der Waals surface area (Å²) >= 11 is 1.48. The van der Waals surface area contributed by atoms with Crippen LogP contribution in [0.2, 0.25) is 0 Å². The lowest BCUT2D eigenvalue weighted by atomic mass is 10.1. The first kappa shape index (κ1) is 11.1. The molecule has 4 nitrogen and oxygen atoms in total. The Hall–Kier alpha value is -2.01. The molecule has 1 aliphatic heterocycles. The van der Waals surface area contributed by atoms with Crippen molar-refractivity contribution in [1.29, 1.82) is 0 Å². The number of benzene rings is 1. The summed E-state index contributed by atoms with van der Waals surface area (Å²) in [4.78, 5) is 30.4. The second-order valence-electron chi connectivity index (χ2n) is 4.16. The number of nitrogens with zero attached hydrogens (tertiary/aromatic N) is 2. The topological polar surface area (TPSA) is 50.3 Å². The lowest BCUT2D eigenvalue weighted by Crippen LogP contribution is -2.29. The van der Waals surface area contributed by atoms with Crippen LogP contribution in [0.15, 0.2) is 29.9 Å². The Morgan fingerprint density at radius 1 is 1.33 bits per heavy atom. The molecule has 90 valence electrons. The average Bonchev–Trinajstić information content (AvgIpc) is 2.94. The number of hydrogen-bond donors (Lipinski definition) is 0. The standard InChI is InChI=1S/C13H10N2O2S/c1-8-3-2-4-10-11(8)15(13(17)12(10)16)6-9-5-14-7-18-9/h2-5,7H,6H2,1H3. The molecule has 0 saturated heterocycles. The first-order chi connectivity index (χ1) is 8.68. The fourth-order valence-corrected chi connectivity index (χ4v) is 2.75. The molecular weight excluding hydrogens is 248 g/mol. The number of fused-ring (bicyclic) bond motifs is 1. The molecule has 0 atom stereocenters. The van der Waals surface area contributed by atoms with Crippen LogP contribution in [0.4, 0.5) is 5.69 Å². The van der Waals surface area contributed by atoms with E-state index in [9.17, 15) is 9.59 Å². The number of aromatic nitrogens is 1. The summed E-state index contributed by atoms with van der Waals surface area (Å²) in [5.41, 5.74) is 3.90. The van der Waals surface area contributed by atoms with E-state index in [0.29, 0.717) is 12.1 Å². The summed E-state index contributed by atoms with van der Waals surface area (Å²) in [6.45, 7) is 2.32. The van der Waals surface area contributed by atoms with Crippen molar-refractivity contribution in [1.82, 2.24) is 4.98 Å². The normalized spacial score (nSPS) is 14.2. The van der Waals surface area contributed by atoms with Crippen molar-refractivity contribution in [2.75, 3.05) is 4.90 Å². The predicted octanol–water partition coefficient (Wildman–Crippen LogP) is 2.18. The van der Waals surface area contributed by atoms with Gasteiger partial charge in [-0.1, -0.05) is 12.1 Å². The second-order valence-corrected chi connectivity index (χ2v) is 5.13. The molecule has 18 heavy (non-hydrogen) atoms. The summed E-state index contributed by atoms with van der Waals surface area (Å²) in [7, 11) is 0. The van der Waals surface area contributed by atoms with Crippen LogP contribution in [0.1, 0.15) is 20.8 Å². The quantitative estimate of drug-likeness (QED) is 0.776. The Bertz CT molecular complexity index is 634. The third-order valence-corrected chi connectivity index (χ3v) is 3.75. The van der Waals surface area contributed by atoms with E-state index in [1.54, 1.807) is 28.7 Å². The minimum atomic E-state index is -0.451. The number of ketones is 1. The molecule has 0 radical (unpaired) electrons. The lowest BCUT2D eigenvalue weighted by Gasteiger charge is -2.17. The van der Waals surface area contributed by atoms with Gasteiger partial charge < -0.3 is 0 Å². The van der Waals surface area contributed by atoms with Gasteiger partial charge in [0, 0.05) is 11.1 Å². The highest BCUT2D eigenvalue weighted by Crippen LogP contribution is 2.33. The largest absolute Gasteiger partial charge is 0.299 e. The number of amides is 1. The van der Waals surface area contributed by atoms with E-state index in [1.165, 1.54) is 11.3 Å². The third kappa shape index (κ3) is 1.55. The van der Waals surface area contributed by atoms with Gasteiger partial charge in [-0.05, 0) is 18.6 Å². The average molecular weight is 258 g/mol. The van der Waals surface area contributed by atoms with E-state index in [1.807, 2.05) is 13.0 Å². The molecule has 0 saturated carbocycles. The Labute approximate surface area is 108 Å². The second kappa shape index (κ2) is 4.03. The van der Waals surface area contributed by atoms with Crippen molar-refractivity contribution in [3.8, 4) is 0 Å². The van der Waals surface area contributed by atoms with E-state index in [-0.39, 0.29) is 0 Å². The van der Waals surface area contributed by atoms with Crippen molar-refractivity contribution in [3.63, 3.8) is 0 Å². The minimum Gasteiger partial charge on any atom is -0.299 e. The number of thiazole rings is 1. The van der Waals surface area contributed by atoms with Crippen LogP contribution < -0.4 is 4.90 Å². The maximum Gasteiger partial charge on any atom is 0.299 e. The molecule has 0 N–H and O–H groups in total. The summed E-state index contributed by atoms with van der Waals surface area (Å²) < 4.78 is 0. The Morgan fingerprint density at radius 2 is 2.17 bits per heavy atom. The molecule has 1 aromatic heterocycles. The molecule has 0 bridgehead atoms. The van der Waals surface area contributed by atoms with Crippen molar-refractivity contribution >= 4 is 28.7 Å². The van der Waals surface area contributed by atoms with Gasteiger partial charge in [0.15, 0.2) is 0 Å². The van der Waals surface area contributed by atoms with E-state index in [4.69, 9.17) is 0 Å². The van der Waals surface area contributed by atoms with Crippen molar-refractivity contribution in [3.05, 3.63) is 45.9 Å². The summed E-state index contributed by atoms with van der Waals surface area (Å²) in [6.07, 6.45) is 1.72. The SMILES string of the molecule is Cc1cccc2c1N(Cc1cncs1)C(=O)C2=O. The maximum atomic E-state index is 12.0. The zero-order chi connectivity index (χ0) is 12.7. The van der Waals surface area contributed by atoms with Gasteiger partial charge in [-0.15, -0.1) is 11.3 Å². The van der Waals surface area contributed by atoms with Crippen molar-refractivity contribution in [2.45, 2.75) is 13.5 Å². The molecule has 1 aliphatic rings. The van der Waals surface area contributed by atoms with Crippen molar-refractivity contribution < 1.29 is 9.59 Å². The number of rotatable bonds is 2. The first-order valence-electron chi connectivity index (χ1n) is 5.51. The lowest BCUT2D eigenvalue weighted by molar-refractivity contribution is -0.114. The molecular formula is C13H10N2O2S. The van der Waals surface area contributed by atoms with Gasteiger partial charge in [0.05, 0.1) is 23.3 Å². The van der Waals surface area contributed by atoms with Crippen LogP contribution >= 0.6 is 11.3 Å². The number of hydrogen-bond acceptors (Lipinski definition) is 4. The van der Waals surface area contributed by atoms with Crippen LogP contribution in [0, 0.1) is 6.92 Å². The van der Waals surface area contributed by atoms with Gasteiger partial charge in [0.1, 0.15) is 0 Å². The number of carbonyl (C=O) groups excluding carboxylic acids is 2. The fraction of sp³-hybridized carbons (Fsp3) is 0.154. The van der Waals surface area contributed by atoms with Gasteiger partial charge in [-0.3, -0.25) is 19.5 Å². The van der Waals surface area contributed by atoms with Gasteiger partial charge in [0.25, 0.3) is 11.7 Å². The molecule has 0 unspecified atom stereocenters. The number of aryl methyl sites for hydroxylation is 1. The molecule has 1 aromatic carbocycles. The third-order valence-electron chi connectivity index (χ3n) is 2.99. The molecule has 1 amide bonds. The smallest absolute Gasteiger partial charge is 0.299 e. The van der Waals surface area contributed by atoms with Crippen molar-refractivity contribution in [2.24, 2.45) is 0 Å². The van der Waals surface area contributed by atoms with E-state index in [2.05, 4.69) is 4.98 Å². The Balaban J connectivity index is 2.07. The van der Waals surface area contributed by atoms with Crippen LogP contribution in [0.25, 0.3) is 0 Å². The number of para-hydroxylation sites is 1. The monoisotopic (exact) mass is 258 g/mol. The predicted molar refractivity (Wildman–Crippen MR) is 68.8 cm³/mol. The number of carbonyl (C=O) groups is 2. The van der Waals surface area contributed by atoms with Crippen LogP contribution in [-0.4, -0.2) is 16.7 Å². The number of Topliss-reactive ketones (excluding diaryl/α,β-unsaturated/α-hetero) is 1. The van der Waals surface area contributed by atoms with Crippen LogP contribution in [-0.2, 0) is 11.3 Å². The zero-order valence-electron chi connectivity index (χ0n) is 9.71. The number of anilines is 1. The summed E-state index contributed by atoms with van der Waals surface area (Å²) in [6, 6.07) is 5.41. The van der Waals surface area contributed by atoms with Crippen LogP contribution in [0.3, 0.4) is 0 Å². The summed E-state index contributed by atoms with van der Waals surface area (Å²) in [5.74, 6) is -0.870. The van der Waals surface area contributed by atoms with Gasteiger partial charge in [-0.2, -0.15) is 0 Å². The summed E-state index contributed by atoms with van der Waals surface area (Å²) in [5, 5.41) is 0. The highest BCUT2D eigenvalue weighted by Gasteiger charge is 2.36. The molecule has 0 aliphatic carbocycles. The first-order valence-corrected chi connectivity index (χ1v) is 6.39. The Kier molecular flexibility index (Phi) is 2.48. The molecule has 0 fully saturated rings. The minimum absolute atomic E-state index is 0.410. The molecule has 2 heterocycles. The maximum absolute atomic E-state index is 12.0. The van der Waals surface area contributed by atoms with Gasteiger partial charge >= 0.3 is 0 Å². The zero-order valence-corrected chi connectivity index (χ0v) is 10.5. The van der Waals surface area contributed by atoms with E-state index in [0.717, 1.165) is 16.1 Å². The molecule has 5 heteroatoms. The fourth-order valence-electron chi connectivity index (χ4n) is 2.17. The molecule has 0 spiro atoms. The van der Waals surface area contributed by atoms with Gasteiger partial charge in [0.2, 0.25) is 0 Å². The van der Waals surface area contributed by atoms with Crippen LogP contribution in [0.5, 0.6) is 0 Å². The van der Waals surface area contributed by atoms with E-state index >= 15 is 0 Å². The molecule has 3 rings (SSSR count). The molecule has 2 aromatic rings. The van der Waals surface area contributed by atoms with E-state index < -0.39 is 11.7 Å². The Morgan fingerprint density at radius 3 is 2.89 bits per heavy atom. The van der Waals surface area contributed by atoms with Gasteiger partial charge in [-0.25, -0.2) is 0 Å².